The third-order valence-corrected chi connectivity index (χ3v) is 27.4. The van der Waals surface area contributed by atoms with Crippen LogP contribution in [0.15, 0.2) is 108 Å². The molecule has 129 heavy (non-hydrogen) atoms. The fourth-order valence-corrected chi connectivity index (χ4v) is 20.3. The predicted octanol–water partition coefficient (Wildman–Crippen LogP) is 13.7. The zero-order valence-electron chi connectivity index (χ0n) is 74.7. The largest absolute Gasteiger partial charge is 0.496 e. The zero-order chi connectivity index (χ0) is 93.6. The average molecular weight is 1840 g/mol. The Hall–Kier alpha value is -10.3. The van der Waals surface area contributed by atoms with Crippen molar-refractivity contribution in [1.82, 2.24) is 34.9 Å². The number of Topliss-reactive ketones (excluding diaryl/α,β-unsaturated/α-hetero) is 2. The minimum absolute atomic E-state index is 0.00954. The number of amides is 9. The third kappa shape index (κ3) is 22.3. The van der Waals surface area contributed by atoms with Crippen LogP contribution >= 0.6 is 34.3 Å². The Balaban J connectivity index is 0.000000206. The number of carbonyl (C=O) groups is 12. The number of halogens is 3. The second kappa shape index (κ2) is 40.6. The normalized spacial score (nSPS) is 23.2. The summed E-state index contributed by atoms with van der Waals surface area (Å²) in [5.41, 5.74) is 7.86. The molecule has 6 heterocycles. The first-order valence-corrected chi connectivity index (χ1v) is 45.1. The molecule has 4 saturated heterocycles. The number of nitrogens with one attached hydrogen (secondary N) is 3. The lowest BCUT2D eigenvalue weighted by atomic mass is 9.43. The van der Waals surface area contributed by atoms with E-state index < -0.39 is 139 Å². The van der Waals surface area contributed by atoms with Gasteiger partial charge < -0.3 is 67.9 Å². The van der Waals surface area contributed by atoms with Crippen LogP contribution < -0.4 is 31.2 Å². The molecular formula is C90H111B2ClF2N10O22S2. The number of esters is 2. The van der Waals surface area contributed by atoms with Gasteiger partial charge in [-0.2, -0.15) is 0 Å². The van der Waals surface area contributed by atoms with Crippen LogP contribution in [0.5, 0.6) is 11.5 Å². The SMILES string of the molecule is COc1c(C[C@H](CC(=O)C(N)c2csc(NC(=O)OCc3ccccc3)n2)B2OC3C[C@@H]4C[C@@H](C4(C)C)[C@]3(C)O2)cccc1C(=O)OC(C)(C)C.COc1c(C[C@H](CC(=O)C(NC(=O)N2CCN(CCF)C(=O)C2=O)c2csc(NC(=O)OCc3ccccc3)n2)B2OC3C[C@@H]4C[C@@H](C4(C)C)[C@]3(C)O2)cccc1C(=O)OC(C)(C)C.O=C1C(=O)N(C(=O)Cl)CCN1CCF. The van der Waals surface area contributed by atoms with Crippen LogP contribution in [-0.4, -0.2) is 216 Å². The van der Waals surface area contributed by atoms with Crippen LogP contribution in [0.3, 0.4) is 0 Å². The molecule has 4 aromatic carbocycles. The number of alkyl halides is 2. The van der Waals surface area contributed by atoms with Gasteiger partial charge in [0.05, 0.1) is 49.0 Å². The maximum Gasteiger partial charge on any atom is 0.461 e. The Labute approximate surface area is 761 Å². The molecule has 6 saturated carbocycles. The molecular weight excluding hydrogens is 1730 g/mol. The van der Waals surface area contributed by atoms with E-state index in [2.05, 4.69) is 67.5 Å². The first kappa shape index (κ1) is 97.7. The van der Waals surface area contributed by atoms with Crippen molar-refractivity contribution in [3.8, 4) is 11.5 Å². The number of para-hydroxylation sites is 2. The van der Waals surface area contributed by atoms with Crippen LogP contribution in [0.25, 0.3) is 0 Å². The number of hydrogen-bond donors (Lipinski definition) is 4. The molecule has 0 spiro atoms. The van der Waals surface area contributed by atoms with Crippen LogP contribution in [0.1, 0.15) is 188 Å². The molecule has 4 unspecified atom stereocenters. The summed E-state index contributed by atoms with van der Waals surface area (Å²) in [6.07, 6.45) is 2.15. The molecule has 10 fully saturated rings. The van der Waals surface area contributed by atoms with Gasteiger partial charge in [0, 0.05) is 74.5 Å². The summed E-state index contributed by atoms with van der Waals surface area (Å²) in [5.74, 6) is -5.02. The Morgan fingerprint density at radius 3 is 1.38 bits per heavy atom. The van der Waals surface area contributed by atoms with Gasteiger partial charge in [0.15, 0.2) is 21.8 Å². The maximum atomic E-state index is 15.0. The lowest BCUT2D eigenvalue weighted by Gasteiger charge is -2.64. The lowest BCUT2D eigenvalue weighted by molar-refractivity contribution is -0.199. The number of ketones is 2. The van der Waals surface area contributed by atoms with Crippen molar-refractivity contribution in [3.63, 3.8) is 0 Å². The average Bonchev–Trinajstić information content (AvgIpc) is 1.60. The smallest absolute Gasteiger partial charge is 0.461 e. The molecule has 6 aromatic rings. The highest BCUT2D eigenvalue weighted by molar-refractivity contribution is 7.14. The molecule has 39 heteroatoms. The van der Waals surface area contributed by atoms with E-state index in [0.717, 1.165) is 74.8 Å². The van der Waals surface area contributed by atoms with Crippen molar-refractivity contribution >= 4 is 129 Å². The number of nitrogens with two attached hydrogens (primary N) is 1. The highest BCUT2D eigenvalue weighted by Gasteiger charge is 2.70. The fourth-order valence-electron chi connectivity index (χ4n) is 18.7. The van der Waals surface area contributed by atoms with E-state index in [4.69, 9.17) is 64.4 Å². The Bertz CT molecular complexity index is 5160. The molecule has 5 N–H and O–H groups in total. The molecule has 4 bridgehead atoms. The van der Waals surface area contributed by atoms with Gasteiger partial charge in [-0.05, 0) is 174 Å². The van der Waals surface area contributed by atoms with Crippen molar-refractivity contribution < 1.29 is 113 Å². The number of aromatic nitrogens is 2. The number of hydrogen-bond acceptors (Lipinski definition) is 27. The molecule has 32 nitrogen and oxygen atoms in total. The maximum absolute atomic E-state index is 15.0. The summed E-state index contributed by atoms with van der Waals surface area (Å²) in [6.45, 7) is 21.9. The van der Waals surface area contributed by atoms with Gasteiger partial charge in [0.2, 0.25) is 0 Å². The number of thiazole rings is 2. The number of ether oxygens (including phenoxy) is 6. The van der Waals surface area contributed by atoms with E-state index in [1.807, 2.05) is 75.4 Å². The van der Waals surface area contributed by atoms with E-state index in [0.29, 0.717) is 56.5 Å². The summed E-state index contributed by atoms with van der Waals surface area (Å²) >= 11 is 7.20. The summed E-state index contributed by atoms with van der Waals surface area (Å²) in [6, 6.07) is 25.2. The van der Waals surface area contributed by atoms with Gasteiger partial charge in [-0.1, -0.05) is 113 Å². The van der Waals surface area contributed by atoms with Crippen LogP contribution in [0.4, 0.5) is 38.2 Å². The standard InChI is InChI=1S/C45H55BFN5O11S.C38H48BN3O8S.C7H8ClFN2O3/c1-43(2,3)61-39(56)30-15-11-14-27(36(30)59-7)20-29(46-62-34-22-28-21-33(44(28,4)5)45(34,6)63-46)23-32(53)35(49-41(57)52-19-18-51(17-16-47)37(54)38(52)55)31-25-64-40(48-31)50-42(58)60-24-26-12-9-8-10-13-26;1-36(2,3)48-33(44)26-15-11-14-23(32(26)46-7)16-25(39-49-30-18-24-17-29(37(24,4)5)38(30,6)50-39)19-28(43)31(40)27-21-51-34(41-27)42-35(45)47-20-22-12-9-8-10-13-22;8-7(14)11-4-3-10(2-1-9)5(12)6(11)13/h8-15,25,28-29,33-35H,16-24H2,1-7H3,(H,49,57)(H,48,50,58);8-15,21,24-25,29-31H,16-20,40H2,1-7H3,(H,41,42,45);1-4H2/t28-,29+,33-,34?,35?,45-;24-,25+,29-,30?,31?,38-;/m00./s1. The minimum atomic E-state index is -1.50. The van der Waals surface area contributed by atoms with Gasteiger partial charge in [-0.3, -0.25) is 54.0 Å². The molecule has 16 rings (SSSR count). The topological polar surface area (TPSA) is 398 Å². The van der Waals surface area contributed by atoms with Crippen molar-refractivity contribution in [1.29, 1.82) is 0 Å². The Morgan fingerprint density at radius 2 is 0.969 bits per heavy atom. The zero-order valence-corrected chi connectivity index (χ0v) is 77.1. The van der Waals surface area contributed by atoms with E-state index in [9.17, 15) is 66.3 Å². The van der Waals surface area contributed by atoms with Crippen LogP contribution in [-0.2, 0) is 92.4 Å². The molecule has 9 amide bonds. The third-order valence-electron chi connectivity index (χ3n) is 25.7. The number of carbonyl (C=O) groups excluding carboxylic acids is 12. The summed E-state index contributed by atoms with van der Waals surface area (Å²) in [5, 5.41) is 10.3. The molecule has 12 atom stereocenters. The Morgan fingerprint density at radius 1 is 0.558 bits per heavy atom. The summed E-state index contributed by atoms with van der Waals surface area (Å²) in [4.78, 5) is 166. The predicted molar refractivity (Wildman–Crippen MR) is 473 cm³/mol. The summed E-state index contributed by atoms with van der Waals surface area (Å²) in [7, 11) is 1.37. The van der Waals surface area contributed by atoms with E-state index in [-0.39, 0.29) is 134 Å². The van der Waals surface area contributed by atoms with E-state index >= 15 is 0 Å². The quantitative estimate of drug-likeness (QED) is 0.00846. The summed E-state index contributed by atoms with van der Waals surface area (Å²) < 4.78 is 85.9. The molecule has 692 valence electrons. The highest BCUT2D eigenvalue weighted by atomic mass is 35.5. The second-order valence-electron chi connectivity index (χ2n) is 37.0. The van der Waals surface area contributed by atoms with Crippen LogP contribution in [0.2, 0.25) is 11.6 Å². The number of anilines is 2. The molecule has 0 radical (unpaired) electrons. The molecule has 2 aromatic heterocycles. The van der Waals surface area contributed by atoms with Crippen LogP contribution in [0, 0.1) is 34.5 Å². The number of rotatable bonds is 29. The Kier molecular flexibility index (Phi) is 30.7. The number of urea groups is 1. The van der Waals surface area contributed by atoms with Gasteiger partial charge in [-0.15, -0.1) is 22.7 Å². The number of nitrogens with zero attached hydrogens (tertiary/aromatic N) is 6. The molecule has 4 aliphatic heterocycles. The van der Waals surface area contributed by atoms with E-state index in [1.54, 1.807) is 68.6 Å². The highest BCUT2D eigenvalue weighted by Crippen LogP contribution is 2.68. The number of piperazine rings is 2. The van der Waals surface area contributed by atoms with Gasteiger partial charge >= 0.3 is 73.4 Å². The van der Waals surface area contributed by atoms with Gasteiger partial charge in [0.25, 0.3) is 0 Å². The first-order valence-electron chi connectivity index (χ1n) is 42.9. The minimum Gasteiger partial charge on any atom is -0.496 e. The second-order valence-corrected chi connectivity index (χ2v) is 39.0. The van der Waals surface area contributed by atoms with Crippen molar-refractivity contribution in [2.24, 2.45) is 40.2 Å². The lowest BCUT2D eigenvalue weighted by Crippen LogP contribution is -2.65. The van der Waals surface area contributed by atoms with Gasteiger partial charge in [0.1, 0.15) is 72.5 Å². The van der Waals surface area contributed by atoms with Crippen molar-refractivity contribution in [3.05, 3.63) is 153 Å². The van der Waals surface area contributed by atoms with Gasteiger partial charge in [-0.25, -0.2) is 42.7 Å². The number of benzene rings is 4. The monoisotopic (exact) mass is 1840 g/mol. The number of imide groups is 2. The molecule has 6 aliphatic carbocycles. The van der Waals surface area contributed by atoms with Crippen molar-refractivity contribution in [2.75, 3.05) is 77.5 Å². The van der Waals surface area contributed by atoms with Crippen molar-refractivity contribution in [2.45, 2.75) is 206 Å². The molecule has 10 aliphatic rings. The number of methoxy groups -OCH3 is 2. The van der Waals surface area contributed by atoms with E-state index in [1.165, 1.54) is 19.6 Å². The first-order chi connectivity index (χ1) is 61.0. The fraction of sp³-hybridized carbons (Fsp3) is 0.533.